The van der Waals surface area contributed by atoms with E-state index in [0.29, 0.717) is 0 Å². The molecule has 2 aliphatic rings. The average Bonchev–Trinajstić information content (AvgIpc) is 2.84. The Kier molecular flexibility index (Phi) is 4.96. The van der Waals surface area contributed by atoms with E-state index in [1.807, 2.05) is 25.4 Å². The Morgan fingerprint density at radius 1 is 1.12 bits per heavy atom. The number of halogens is 1. The van der Waals surface area contributed by atoms with Crippen LogP contribution >= 0.6 is 23.8 Å². The van der Waals surface area contributed by atoms with Crippen molar-refractivity contribution in [2.75, 3.05) is 20.1 Å². The normalized spacial score (nSPS) is 16.6. The van der Waals surface area contributed by atoms with Crippen LogP contribution in [-0.4, -0.2) is 35.1 Å². The molecule has 4 rings (SSSR count). The summed E-state index contributed by atoms with van der Waals surface area (Å²) in [5.74, 6) is 0. The molecular weight excluding hydrogens is 362 g/mol. The van der Waals surface area contributed by atoms with E-state index in [1.54, 1.807) is 0 Å². The van der Waals surface area contributed by atoms with Crippen molar-refractivity contribution in [3.8, 4) is 0 Å². The number of benzene rings is 1. The molecule has 0 saturated carbocycles. The predicted octanol–water partition coefficient (Wildman–Crippen LogP) is 4.24. The summed E-state index contributed by atoms with van der Waals surface area (Å²) in [4.78, 5) is 7.03. The van der Waals surface area contributed by atoms with E-state index in [4.69, 9.17) is 28.8 Å². The second kappa shape index (κ2) is 7.37. The molecule has 1 aliphatic carbocycles. The van der Waals surface area contributed by atoms with E-state index in [-0.39, 0.29) is 0 Å². The minimum atomic E-state index is 0.807. The molecule has 0 radical (unpaired) electrons. The number of pyridine rings is 1. The number of hydrogen-bond donors (Lipinski definition) is 1. The minimum Gasteiger partial charge on any atom is -0.366 e. The zero-order valence-electron chi connectivity index (χ0n) is 14.9. The lowest BCUT2D eigenvalue weighted by molar-refractivity contribution is 0.385. The van der Waals surface area contributed by atoms with Gasteiger partial charge in [-0.3, -0.25) is 4.98 Å². The number of nitrogens with one attached hydrogen (secondary N) is 1. The van der Waals surface area contributed by atoms with Crippen LogP contribution in [0.4, 0.5) is 0 Å². The van der Waals surface area contributed by atoms with Crippen molar-refractivity contribution in [3.63, 3.8) is 0 Å². The van der Waals surface area contributed by atoms with Crippen LogP contribution in [0.2, 0.25) is 5.02 Å². The fourth-order valence-electron chi connectivity index (χ4n) is 4.02. The first kappa shape index (κ1) is 17.5. The molecule has 134 valence electrons. The van der Waals surface area contributed by atoms with Gasteiger partial charge in [0.1, 0.15) is 0 Å². The quantitative estimate of drug-likeness (QED) is 0.689. The van der Waals surface area contributed by atoms with Gasteiger partial charge in [0.15, 0.2) is 5.11 Å². The van der Waals surface area contributed by atoms with Crippen molar-refractivity contribution in [2.24, 2.45) is 0 Å². The van der Waals surface area contributed by atoms with Crippen LogP contribution < -0.4 is 5.32 Å². The summed E-state index contributed by atoms with van der Waals surface area (Å²) in [6, 6.07) is 10.5. The maximum Gasteiger partial charge on any atom is 0.168 e. The van der Waals surface area contributed by atoms with Crippen molar-refractivity contribution in [1.29, 1.82) is 0 Å². The second-order valence-corrected chi connectivity index (χ2v) is 7.66. The number of fused-ring (bicyclic) bond motifs is 2. The molecule has 26 heavy (non-hydrogen) atoms. The SMILES string of the molecule is CNC(=S)N1CCC(=C2c3ccc(Cl)cc3CCc3cccnc32)CC1. The molecular formula is C21H22ClN3S. The molecule has 1 saturated heterocycles. The highest BCUT2D eigenvalue weighted by atomic mass is 35.5. The summed E-state index contributed by atoms with van der Waals surface area (Å²) in [5.41, 5.74) is 7.90. The lowest BCUT2D eigenvalue weighted by Gasteiger charge is -2.31. The van der Waals surface area contributed by atoms with Gasteiger partial charge >= 0.3 is 0 Å². The first-order valence-corrected chi connectivity index (χ1v) is 9.87. The third kappa shape index (κ3) is 3.24. The molecule has 1 aromatic heterocycles. The fraction of sp³-hybridized carbons (Fsp3) is 0.333. The number of aromatic nitrogens is 1. The van der Waals surface area contributed by atoms with Gasteiger partial charge in [-0.15, -0.1) is 0 Å². The van der Waals surface area contributed by atoms with Crippen LogP contribution in [-0.2, 0) is 12.8 Å². The van der Waals surface area contributed by atoms with E-state index >= 15 is 0 Å². The highest BCUT2D eigenvalue weighted by Crippen LogP contribution is 2.38. The van der Waals surface area contributed by atoms with Crippen molar-refractivity contribution < 1.29 is 0 Å². The monoisotopic (exact) mass is 383 g/mol. The molecule has 0 spiro atoms. The molecule has 0 bridgehead atoms. The summed E-state index contributed by atoms with van der Waals surface area (Å²) < 4.78 is 0. The molecule has 0 atom stereocenters. The first-order valence-electron chi connectivity index (χ1n) is 9.09. The molecule has 2 aromatic rings. The Labute approximate surface area is 165 Å². The van der Waals surface area contributed by atoms with Crippen LogP contribution in [0.3, 0.4) is 0 Å². The van der Waals surface area contributed by atoms with Gasteiger partial charge in [-0.2, -0.15) is 0 Å². The van der Waals surface area contributed by atoms with Crippen LogP contribution in [0.5, 0.6) is 0 Å². The van der Waals surface area contributed by atoms with Crippen molar-refractivity contribution in [2.45, 2.75) is 25.7 Å². The van der Waals surface area contributed by atoms with Gasteiger partial charge in [0.2, 0.25) is 0 Å². The number of piperidine rings is 1. The number of hydrogen-bond acceptors (Lipinski definition) is 2. The number of thiocarbonyl (C=S) groups is 1. The fourth-order valence-corrected chi connectivity index (χ4v) is 4.40. The Morgan fingerprint density at radius 2 is 1.88 bits per heavy atom. The summed E-state index contributed by atoms with van der Waals surface area (Å²) in [6.45, 7) is 1.90. The zero-order chi connectivity index (χ0) is 18.1. The van der Waals surface area contributed by atoms with E-state index in [2.05, 4.69) is 28.4 Å². The van der Waals surface area contributed by atoms with Gasteiger partial charge < -0.3 is 10.2 Å². The van der Waals surface area contributed by atoms with Crippen molar-refractivity contribution in [3.05, 3.63) is 69.5 Å². The first-order chi connectivity index (χ1) is 12.7. The molecule has 5 heteroatoms. The number of rotatable bonds is 0. The third-order valence-electron chi connectivity index (χ3n) is 5.35. The number of aryl methyl sites for hydroxylation is 2. The molecule has 1 N–H and O–H groups in total. The topological polar surface area (TPSA) is 28.2 Å². The van der Waals surface area contributed by atoms with E-state index in [9.17, 15) is 0 Å². The van der Waals surface area contributed by atoms with E-state index < -0.39 is 0 Å². The Balaban J connectivity index is 1.81. The lowest BCUT2D eigenvalue weighted by atomic mass is 9.88. The second-order valence-electron chi connectivity index (χ2n) is 6.83. The maximum absolute atomic E-state index is 6.29. The summed E-state index contributed by atoms with van der Waals surface area (Å²) >= 11 is 11.7. The smallest absolute Gasteiger partial charge is 0.168 e. The highest BCUT2D eigenvalue weighted by molar-refractivity contribution is 7.80. The Hall–Kier alpha value is -1.91. The molecule has 1 aromatic carbocycles. The van der Waals surface area contributed by atoms with Crippen LogP contribution in [0, 0.1) is 0 Å². The number of likely N-dealkylation sites (tertiary alicyclic amines) is 1. The summed E-state index contributed by atoms with van der Waals surface area (Å²) in [7, 11) is 1.89. The molecule has 0 amide bonds. The van der Waals surface area contributed by atoms with E-state index in [1.165, 1.54) is 27.8 Å². The molecule has 1 fully saturated rings. The van der Waals surface area contributed by atoms with Crippen LogP contribution in [0.15, 0.2) is 42.1 Å². The Bertz CT molecular complexity index is 881. The third-order valence-corrected chi connectivity index (χ3v) is 6.05. The van der Waals surface area contributed by atoms with Crippen molar-refractivity contribution >= 4 is 34.5 Å². The van der Waals surface area contributed by atoms with Crippen LogP contribution in [0.25, 0.3) is 5.57 Å². The van der Waals surface area contributed by atoms with Gasteiger partial charge in [0.05, 0.1) is 5.69 Å². The maximum atomic E-state index is 6.29. The van der Waals surface area contributed by atoms with Gasteiger partial charge in [-0.1, -0.05) is 29.3 Å². The van der Waals surface area contributed by atoms with Crippen molar-refractivity contribution in [1.82, 2.24) is 15.2 Å². The molecule has 3 nitrogen and oxygen atoms in total. The summed E-state index contributed by atoms with van der Waals surface area (Å²) in [5, 5.41) is 4.73. The zero-order valence-corrected chi connectivity index (χ0v) is 16.5. The predicted molar refractivity (Wildman–Crippen MR) is 112 cm³/mol. The van der Waals surface area contributed by atoms with Gasteiger partial charge in [0, 0.05) is 36.9 Å². The van der Waals surface area contributed by atoms with Gasteiger partial charge in [-0.05, 0) is 72.8 Å². The largest absolute Gasteiger partial charge is 0.366 e. The molecule has 1 aliphatic heterocycles. The minimum absolute atomic E-state index is 0.807. The standard InChI is InChI=1S/C21H22ClN3S/c1-23-21(26)25-11-8-14(9-12-25)19-18-7-6-17(22)13-16(18)5-4-15-3-2-10-24-20(15)19/h2-3,6-7,10,13H,4-5,8-9,11-12H2,1H3,(H,23,26). The lowest BCUT2D eigenvalue weighted by Crippen LogP contribution is -2.41. The molecule has 2 heterocycles. The van der Waals surface area contributed by atoms with E-state index in [0.717, 1.165) is 54.6 Å². The van der Waals surface area contributed by atoms with Gasteiger partial charge in [-0.25, -0.2) is 0 Å². The highest BCUT2D eigenvalue weighted by Gasteiger charge is 2.25. The van der Waals surface area contributed by atoms with Crippen LogP contribution in [0.1, 0.15) is 35.2 Å². The average molecular weight is 384 g/mol. The number of nitrogens with zero attached hydrogens (tertiary/aromatic N) is 2. The van der Waals surface area contributed by atoms with Gasteiger partial charge in [0.25, 0.3) is 0 Å². The summed E-state index contributed by atoms with van der Waals surface area (Å²) in [6.07, 6.45) is 5.93. The molecule has 0 unspecified atom stereocenters. The Morgan fingerprint density at radius 3 is 2.65 bits per heavy atom.